The fraction of sp³-hybridized carbons (Fsp3) is 0.211. The summed E-state index contributed by atoms with van der Waals surface area (Å²) in [5.41, 5.74) is 3.13. The quantitative estimate of drug-likeness (QED) is 0.326. The summed E-state index contributed by atoms with van der Waals surface area (Å²) in [5.74, 6) is -0.237. The molecule has 0 aliphatic heterocycles. The maximum atomic E-state index is 11.9. The van der Waals surface area contributed by atoms with Crippen LogP contribution in [0.15, 0.2) is 46.0 Å². The number of rotatable bonds is 8. The third-order valence-electron chi connectivity index (χ3n) is 3.45. The number of nitrogens with zero attached hydrogens (tertiary/aromatic N) is 1. The standard InChI is InChI=1S/C19H20BrN3O5/c1-3-28-15-6-4-14(5-7-15)22-17(24)10-18(25)23-21-11-12-8-13(20)9-16(27-2)19(12)26/h4-9,11,26H,3,10H2,1-2H3,(H,22,24)(H,23,25). The molecule has 3 N–H and O–H groups in total. The summed E-state index contributed by atoms with van der Waals surface area (Å²) in [4.78, 5) is 23.8. The van der Waals surface area contributed by atoms with Crippen LogP contribution in [0.4, 0.5) is 5.69 Å². The minimum atomic E-state index is -0.596. The highest BCUT2D eigenvalue weighted by Gasteiger charge is 2.10. The Kier molecular flexibility index (Phi) is 7.82. The van der Waals surface area contributed by atoms with Crippen LogP contribution in [0, 0.1) is 0 Å². The molecule has 2 amide bonds. The smallest absolute Gasteiger partial charge is 0.249 e. The second kappa shape index (κ2) is 10.3. The highest BCUT2D eigenvalue weighted by Crippen LogP contribution is 2.32. The van der Waals surface area contributed by atoms with Crippen LogP contribution in [-0.4, -0.2) is 36.9 Å². The summed E-state index contributed by atoms with van der Waals surface area (Å²) < 4.78 is 11.0. The molecule has 0 heterocycles. The van der Waals surface area contributed by atoms with Crippen molar-refractivity contribution in [1.82, 2.24) is 5.43 Å². The number of carbonyl (C=O) groups is 2. The van der Waals surface area contributed by atoms with Gasteiger partial charge in [-0.15, -0.1) is 0 Å². The summed E-state index contributed by atoms with van der Waals surface area (Å²) in [7, 11) is 1.42. The van der Waals surface area contributed by atoms with E-state index in [0.717, 1.165) is 0 Å². The number of amides is 2. The van der Waals surface area contributed by atoms with Crippen molar-refractivity contribution in [1.29, 1.82) is 0 Å². The van der Waals surface area contributed by atoms with Crippen LogP contribution >= 0.6 is 15.9 Å². The SMILES string of the molecule is CCOc1ccc(NC(=O)CC(=O)NN=Cc2cc(Br)cc(OC)c2O)cc1. The van der Waals surface area contributed by atoms with Gasteiger partial charge in [0.2, 0.25) is 11.8 Å². The number of phenolic OH excluding ortho intramolecular Hbond substituents is 1. The number of methoxy groups -OCH3 is 1. The van der Waals surface area contributed by atoms with E-state index in [9.17, 15) is 14.7 Å². The fourth-order valence-corrected chi connectivity index (χ4v) is 2.67. The van der Waals surface area contributed by atoms with Crippen LogP contribution in [-0.2, 0) is 9.59 Å². The van der Waals surface area contributed by atoms with Crippen molar-refractivity contribution in [2.24, 2.45) is 5.10 Å². The van der Waals surface area contributed by atoms with E-state index in [2.05, 4.69) is 31.8 Å². The second-order valence-corrected chi connectivity index (χ2v) is 6.44. The Labute approximate surface area is 170 Å². The first-order chi connectivity index (χ1) is 13.4. The number of nitrogens with one attached hydrogen (secondary N) is 2. The van der Waals surface area contributed by atoms with Crippen molar-refractivity contribution in [2.45, 2.75) is 13.3 Å². The molecule has 0 spiro atoms. The molecule has 0 atom stereocenters. The van der Waals surface area contributed by atoms with Gasteiger partial charge in [-0.1, -0.05) is 15.9 Å². The molecule has 0 radical (unpaired) electrons. The number of halogens is 1. The van der Waals surface area contributed by atoms with E-state index >= 15 is 0 Å². The summed E-state index contributed by atoms with van der Waals surface area (Å²) >= 11 is 3.29. The molecule has 0 aliphatic carbocycles. The minimum Gasteiger partial charge on any atom is -0.504 e. The fourth-order valence-electron chi connectivity index (χ4n) is 2.21. The zero-order valence-corrected chi connectivity index (χ0v) is 16.9. The van der Waals surface area contributed by atoms with Crippen LogP contribution in [0.1, 0.15) is 18.9 Å². The monoisotopic (exact) mass is 449 g/mol. The van der Waals surface area contributed by atoms with Crippen molar-refractivity contribution in [3.05, 3.63) is 46.4 Å². The van der Waals surface area contributed by atoms with E-state index in [1.165, 1.54) is 13.3 Å². The maximum Gasteiger partial charge on any atom is 0.249 e. The minimum absolute atomic E-state index is 0.114. The first kappa shape index (κ1) is 21.2. The Bertz CT molecular complexity index is 869. The van der Waals surface area contributed by atoms with Gasteiger partial charge in [-0.3, -0.25) is 9.59 Å². The number of anilines is 1. The maximum absolute atomic E-state index is 11.9. The summed E-state index contributed by atoms with van der Waals surface area (Å²) in [6, 6.07) is 10.0. The first-order valence-electron chi connectivity index (χ1n) is 8.34. The van der Waals surface area contributed by atoms with Crippen LogP contribution in [0.3, 0.4) is 0 Å². The van der Waals surface area contributed by atoms with Gasteiger partial charge >= 0.3 is 0 Å². The van der Waals surface area contributed by atoms with E-state index in [1.54, 1.807) is 36.4 Å². The number of benzene rings is 2. The van der Waals surface area contributed by atoms with Gasteiger partial charge in [0.15, 0.2) is 11.5 Å². The van der Waals surface area contributed by atoms with Gasteiger partial charge in [-0.25, -0.2) is 5.43 Å². The molecular weight excluding hydrogens is 430 g/mol. The van der Waals surface area contributed by atoms with E-state index < -0.39 is 18.2 Å². The molecule has 0 saturated heterocycles. The van der Waals surface area contributed by atoms with Gasteiger partial charge < -0.3 is 19.9 Å². The zero-order valence-electron chi connectivity index (χ0n) is 15.4. The van der Waals surface area contributed by atoms with Crippen LogP contribution in [0.25, 0.3) is 0 Å². The predicted octanol–water partition coefficient (Wildman–Crippen LogP) is 3.04. The summed E-state index contributed by atoms with van der Waals surface area (Å²) in [6.45, 7) is 2.43. The topological polar surface area (TPSA) is 109 Å². The Morgan fingerprint density at radius 3 is 2.57 bits per heavy atom. The molecule has 0 saturated carbocycles. The van der Waals surface area contributed by atoms with Crippen LogP contribution in [0.5, 0.6) is 17.2 Å². The summed E-state index contributed by atoms with van der Waals surface area (Å²) in [5, 5.41) is 16.4. The van der Waals surface area contributed by atoms with E-state index in [-0.39, 0.29) is 11.5 Å². The molecule has 28 heavy (non-hydrogen) atoms. The third-order valence-corrected chi connectivity index (χ3v) is 3.91. The van der Waals surface area contributed by atoms with Gasteiger partial charge in [0, 0.05) is 15.7 Å². The van der Waals surface area contributed by atoms with Gasteiger partial charge in [0.05, 0.1) is 19.9 Å². The molecule has 2 aromatic carbocycles. The molecular formula is C19H20BrN3O5. The molecule has 0 fully saturated rings. The second-order valence-electron chi connectivity index (χ2n) is 5.52. The average Bonchev–Trinajstić information content (AvgIpc) is 2.65. The van der Waals surface area contributed by atoms with Crippen LogP contribution < -0.4 is 20.2 Å². The van der Waals surface area contributed by atoms with E-state index in [4.69, 9.17) is 9.47 Å². The first-order valence-corrected chi connectivity index (χ1v) is 9.13. The third kappa shape index (κ3) is 6.27. The highest BCUT2D eigenvalue weighted by atomic mass is 79.9. The molecule has 0 aliphatic rings. The van der Waals surface area contributed by atoms with Crippen molar-refractivity contribution >= 4 is 39.6 Å². The number of hydrogen-bond donors (Lipinski definition) is 3. The molecule has 148 valence electrons. The molecule has 0 aromatic heterocycles. The molecule has 9 heteroatoms. The molecule has 2 aromatic rings. The van der Waals surface area contributed by atoms with E-state index in [0.29, 0.717) is 28.1 Å². The molecule has 2 rings (SSSR count). The lowest BCUT2D eigenvalue weighted by molar-refractivity contribution is -0.126. The van der Waals surface area contributed by atoms with Crippen molar-refractivity contribution < 1.29 is 24.2 Å². The molecule has 8 nitrogen and oxygen atoms in total. The van der Waals surface area contributed by atoms with Crippen molar-refractivity contribution in [2.75, 3.05) is 19.0 Å². The lowest BCUT2D eigenvalue weighted by Gasteiger charge is -2.07. The lowest BCUT2D eigenvalue weighted by Crippen LogP contribution is -2.24. The predicted molar refractivity (Wildman–Crippen MR) is 109 cm³/mol. The number of phenols is 1. The van der Waals surface area contributed by atoms with Crippen molar-refractivity contribution in [3.63, 3.8) is 0 Å². The number of hydrazone groups is 1. The molecule has 0 unspecified atom stereocenters. The zero-order chi connectivity index (χ0) is 20.5. The number of aromatic hydroxyl groups is 1. The van der Waals surface area contributed by atoms with Crippen LogP contribution in [0.2, 0.25) is 0 Å². The van der Waals surface area contributed by atoms with Gasteiger partial charge in [-0.05, 0) is 43.3 Å². The van der Waals surface area contributed by atoms with Gasteiger partial charge in [-0.2, -0.15) is 5.10 Å². The van der Waals surface area contributed by atoms with Gasteiger partial charge in [0.1, 0.15) is 12.2 Å². The van der Waals surface area contributed by atoms with Gasteiger partial charge in [0.25, 0.3) is 0 Å². The lowest BCUT2D eigenvalue weighted by atomic mass is 10.2. The Hall–Kier alpha value is -3.07. The summed E-state index contributed by atoms with van der Waals surface area (Å²) in [6.07, 6.45) is 0.850. The average molecular weight is 450 g/mol. The largest absolute Gasteiger partial charge is 0.504 e. The Morgan fingerprint density at radius 1 is 1.21 bits per heavy atom. The number of hydrogen-bond acceptors (Lipinski definition) is 6. The normalized spacial score (nSPS) is 10.5. The van der Waals surface area contributed by atoms with E-state index in [1.807, 2.05) is 6.92 Å². The molecule has 0 bridgehead atoms. The highest BCUT2D eigenvalue weighted by molar-refractivity contribution is 9.10. The van der Waals surface area contributed by atoms with Crippen molar-refractivity contribution in [3.8, 4) is 17.2 Å². The Balaban J connectivity index is 1.87. The number of ether oxygens (including phenoxy) is 2. The Morgan fingerprint density at radius 2 is 1.93 bits per heavy atom. The number of carbonyl (C=O) groups excluding carboxylic acids is 2.